The van der Waals surface area contributed by atoms with E-state index in [2.05, 4.69) is 15.4 Å². The fourth-order valence-corrected chi connectivity index (χ4v) is 3.09. The molecule has 2 amide bonds. The summed E-state index contributed by atoms with van der Waals surface area (Å²) >= 11 is 0. The van der Waals surface area contributed by atoms with Crippen molar-refractivity contribution in [3.63, 3.8) is 0 Å². The number of carbonyl (C=O) groups excluding carboxylic acids is 2. The van der Waals surface area contributed by atoms with E-state index in [1.165, 1.54) is 0 Å². The number of para-hydroxylation sites is 1. The molecule has 0 heterocycles. The third kappa shape index (κ3) is 9.28. The van der Waals surface area contributed by atoms with Crippen LogP contribution >= 0.6 is 0 Å². The van der Waals surface area contributed by atoms with Crippen LogP contribution in [0.2, 0.25) is 0 Å². The second-order valence-corrected chi connectivity index (χ2v) is 9.29. The Hall–Kier alpha value is -2.29. The number of sulfonamides is 1. The summed E-state index contributed by atoms with van der Waals surface area (Å²) in [5, 5.41) is 5.07. The van der Waals surface area contributed by atoms with Gasteiger partial charge in [0.1, 0.15) is 11.6 Å². The normalized spacial score (nSPS) is 13.0. The van der Waals surface area contributed by atoms with Gasteiger partial charge in [0, 0.05) is 12.2 Å². The Labute approximate surface area is 161 Å². The molecule has 27 heavy (non-hydrogen) atoms. The predicted octanol–water partition coefficient (Wildman–Crippen LogP) is 2.09. The first-order valence-corrected chi connectivity index (χ1v) is 10.4. The van der Waals surface area contributed by atoms with Crippen LogP contribution in [0, 0.1) is 5.92 Å². The lowest BCUT2D eigenvalue weighted by Gasteiger charge is -2.25. The number of amides is 2. The van der Waals surface area contributed by atoms with Gasteiger partial charge in [-0.2, -0.15) is 0 Å². The molecule has 0 aliphatic carbocycles. The summed E-state index contributed by atoms with van der Waals surface area (Å²) in [5.41, 5.74) is -0.227. The molecule has 1 rings (SSSR count). The van der Waals surface area contributed by atoms with Crippen molar-refractivity contribution in [2.45, 2.75) is 46.3 Å². The molecule has 1 unspecified atom stereocenters. The van der Waals surface area contributed by atoms with Crippen LogP contribution in [0.15, 0.2) is 30.3 Å². The Balaban J connectivity index is 2.55. The largest absolute Gasteiger partial charge is 0.444 e. The number of hydrogen-bond acceptors (Lipinski definition) is 5. The van der Waals surface area contributed by atoms with Crippen molar-refractivity contribution in [1.82, 2.24) is 10.6 Å². The van der Waals surface area contributed by atoms with Crippen LogP contribution in [0.1, 0.15) is 34.6 Å². The lowest BCUT2D eigenvalue weighted by Crippen LogP contribution is -2.51. The molecule has 0 aliphatic heterocycles. The second kappa shape index (κ2) is 9.59. The molecule has 0 spiro atoms. The predicted molar refractivity (Wildman–Crippen MR) is 105 cm³/mol. The molecule has 0 fully saturated rings. The van der Waals surface area contributed by atoms with Crippen LogP contribution in [0.4, 0.5) is 10.5 Å². The van der Waals surface area contributed by atoms with E-state index in [1.54, 1.807) is 65.0 Å². The van der Waals surface area contributed by atoms with Gasteiger partial charge in [-0.25, -0.2) is 13.2 Å². The minimum absolute atomic E-state index is 0.0831. The number of alkyl carbamates (subject to hydrolysis) is 1. The third-order valence-electron chi connectivity index (χ3n) is 3.34. The zero-order valence-corrected chi connectivity index (χ0v) is 17.2. The fourth-order valence-electron chi connectivity index (χ4n) is 2.12. The summed E-state index contributed by atoms with van der Waals surface area (Å²) in [4.78, 5) is 24.2. The summed E-state index contributed by atoms with van der Waals surface area (Å²) in [6.07, 6.45) is -0.699. The van der Waals surface area contributed by atoms with Gasteiger partial charge in [-0.1, -0.05) is 32.0 Å². The quantitative estimate of drug-likeness (QED) is 0.619. The molecular formula is C18H29N3O5S. The summed E-state index contributed by atoms with van der Waals surface area (Å²) in [7, 11) is -3.60. The van der Waals surface area contributed by atoms with E-state index in [-0.39, 0.29) is 18.2 Å². The maximum absolute atomic E-state index is 12.3. The summed E-state index contributed by atoms with van der Waals surface area (Å²) in [5.74, 6) is -0.951. The number of anilines is 1. The van der Waals surface area contributed by atoms with Gasteiger partial charge in [0.2, 0.25) is 15.9 Å². The third-order valence-corrected chi connectivity index (χ3v) is 4.63. The number of rotatable bonds is 8. The Bertz CT molecular complexity index is 727. The second-order valence-electron chi connectivity index (χ2n) is 7.45. The molecule has 1 atom stereocenters. The molecular weight excluding hydrogens is 370 g/mol. The van der Waals surface area contributed by atoms with E-state index in [4.69, 9.17) is 4.74 Å². The maximum Gasteiger partial charge on any atom is 0.408 e. The van der Waals surface area contributed by atoms with Gasteiger partial charge in [-0.3, -0.25) is 9.52 Å². The first kappa shape index (κ1) is 22.8. The molecule has 0 bridgehead atoms. The minimum Gasteiger partial charge on any atom is -0.444 e. The summed E-state index contributed by atoms with van der Waals surface area (Å²) < 4.78 is 31.7. The number of nitrogens with one attached hydrogen (secondary N) is 3. The van der Waals surface area contributed by atoms with Crippen molar-refractivity contribution in [1.29, 1.82) is 0 Å². The standard InChI is InChI=1S/C18H29N3O5S/c1-13(2)15(20-17(23)26-18(3,4)5)16(22)19-11-12-27(24,25)21-14-9-7-6-8-10-14/h6-10,13,15,21H,11-12H2,1-5H3,(H,19,22)(H,20,23). The van der Waals surface area contributed by atoms with Crippen LogP contribution in [0.3, 0.4) is 0 Å². The Morgan fingerprint density at radius 2 is 1.70 bits per heavy atom. The average molecular weight is 400 g/mol. The van der Waals surface area contributed by atoms with Crippen molar-refractivity contribution in [2.24, 2.45) is 5.92 Å². The molecule has 0 aromatic heterocycles. The smallest absolute Gasteiger partial charge is 0.408 e. The van der Waals surface area contributed by atoms with Crippen molar-refractivity contribution in [3.8, 4) is 0 Å². The van der Waals surface area contributed by atoms with Gasteiger partial charge in [-0.15, -0.1) is 0 Å². The molecule has 0 aliphatic rings. The van der Waals surface area contributed by atoms with Crippen LogP contribution in [-0.2, 0) is 19.6 Å². The molecule has 1 aromatic rings. The van der Waals surface area contributed by atoms with Gasteiger partial charge in [0.15, 0.2) is 0 Å². The van der Waals surface area contributed by atoms with Crippen molar-refractivity contribution in [2.75, 3.05) is 17.0 Å². The molecule has 8 nitrogen and oxygen atoms in total. The SMILES string of the molecule is CC(C)C(NC(=O)OC(C)(C)C)C(=O)NCCS(=O)(=O)Nc1ccccc1. The lowest BCUT2D eigenvalue weighted by molar-refractivity contribution is -0.124. The van der Waals surface area contributed by atoms with Gasteiger partial charge >= 0.3 is 6.09 Å². The van der Waals surface area contributed by atoms with E-state index in [1.807, 2.05) is 0 Å². The van der Waals surface area contributed by atoms with Crippen LogP contribution in [0.5, 0.6) is 0 Å². The molecule has 0 saturated carbocycles. The van der Waals surface area contributed by atoms with Crippen molar-refractivity contribution < 1.29 is 22.7 Å². The monoisotopic (exact) mass is 399 g/mol. The van der Waals surface area contributed by atoms with Gasteiger partial charge in [0.05, 0.1) is 5.75 Å². The van der Waals surface area contributed by atoms with Crippen molar-refractivity contribution in [3.05, 3.63) is 30.3 Å². The lowest BCUT2D eigenvalue weighted by atomic mass is 10.0. The Morgan fingerprint density at radius 3 is 2.22 bits per heavy atom. The Kier molecular flexibility index (Phi) is 8.08. The zero-order valence-electron chi connectivity index (χ0n) is 16.4. The topological polar surface area (TPSA) is 114 Å². The van der Waals surface area contributed by atoms with E-state index in [0.717, 1.165) is 0 Å². The van der Waals surface area contributed by atoms with Crippen LogP contribution in [-0.4, -0.2) is 44.4 Å². The first-order chi connectivity index (χ1) is 12.4. The van der Waals surface area contributed by atoms with Gasteiger partial charge in [0.25, 0.3) is 0 Å². The number of hydrogen-bond donors (Lipinski definition) is 3. The molecule has 1 aromatic carbocycles. The average Bonchev–Trinajstić information content (AvgIpc) is 2.50. The maximum atomic E-state index is 12.3. The highest BCUT2D eigenvalue weighted by Gasteiger charge is 2.27. The van der Waals surface area contributed by atoms with E-state index < -0.39 is 33.7 Å². The van der Waals surface area contributed by atoms with Crippen molar-refractivity contribution >= 4 is 27.7 Å². The van der Waals surface area contributed by atoms with E-state index in [9.17, 15) is 18.0 Å². The zero-order chi connectivity index (χ0) is 20.7. The van der Waals surface area contributed by atoms with Crippen LogP contribution in [0.25, 0.3) is 0 Å². The number of benzene rings is 1. The molecule has 0 saturated heterocycles. The first-order valence-electron chi connectivity index (χ1n) is 8.72. The highest BCUT2D eigenvalue weighted by molar-refractivity contribution is 7.92. The fraction of sp³-hybridized carbons (Fsp3) is 0.556. The molecule has 9 heteroatoms. The highest BCUT2D eigenvalue weighted by Crippen LogP contribution is 2.09. The summed E-state index contributed by atoms with van der Waals surface area (Å²) in [6, 6.07) is 7.65. The minimum atomic E-state index is -3.60. The number of ether oxygens (including phenoxy) is 1. The molecule has 3 N–H and O–H groups in total. The molecule has 152 valence electrons. The highest BCUT2D eigenvalue weighted by atomic mass is 32.2. The van der Waals surface area contributed by atoms with Crippen LogP contribution < -0.4 is 15.4 Å². The molecule has 0 radical (unpaired) electrons. The van der Waals surface area contributed by atoms with E-state index >= 15 is 0 Å². The van der Waals surface area contributed by atoms with Gasteiger partial charge < -0.3 is 15.4 Å². The van der Waals surface area contributed by atoms with E-state index in [0.29, 0.717) is 5.69 Å². The van der Waals surface area contributed by atoms with Gasteiger partial charge in [-0.05, 0) is 38.8 Å². The Morgan fingerprint density at radius 1 is 1.11 bits per heavy atom. The summed E-state index contributed by atoms with van der Waals surface area (Å²) in [6.45, 7) is 8.63. The number of carbonyl (C=O) groups is 2.